The maximum absolute atomic E-state index is 12.6. The number of nitrogens with one attached hydrogen (secondary N) is 2. The maximum atomic E-state index is 12.6. The summed E-state index contributed by atoms with van der Waals surface area (Å²) >= 11 is 0. The number of likely N-dealkylation sites (N-methyl/N-ethyl adjacent to an activating group) is 1. The van der Waals surface area contributed by atoms with Crippen LogP contribution in [0, 0.1) is 0 Å². The van der Waals surface area contributed by atoms with Gasteiger partial charge in [0.05, 0.1) is 0 Å². The summed E-state index contributed by atoms with van der Waals surface area (Å²) in [6.45, 7) is 3.60. The lowest BCUT2D eigenvalue weighted by atomic mass is 9.86. The number of carbonyl (C=O) groups is 2. The highest BCUT2D eigenvalue weighted by Gasteiger charge is 2.42. The van der Waals surface area contributed by atoms with Crippen molar-refractivity contribution in [1.82, 2.24) is 20.4 Å². The van der Waals surface area contributed by atoms with E-state index in [-0.39, 0.29) is 17.5 Å². The molecular weight excluding hydrogens is 316 g/mol. The largest absolute Gasteiger partial charge is 0.356 e. The molecule has 0 aromatic heterocycles. The van der Waals surface area contributed by atoms with Crippen molar-refractivity contribution < 1.29 is 9.59 Å². The average Bonchev–Trinajstić information content (AvgIpc) is 2.81. The second kappa shape index (κ2) is 7.87. The average molecular weight is 344 g/mol. The number of piperazine rings is 1. The number of hydrogen-bond acceptors (Lipinski definition) is 3. The monoisotopic (exact) mass is 344 g/mol. The minimum Gasteiger partial charge on any atom is -0.356 e. The normalized spacial score (nSPS) is 24.7. The number of amides is 3. The summed E-state index contributed by atoms with van der Waals surface area (Å²) in [5, 5.41) is 6.00. The second-order valence-electron chi connectivity index (χ2n) is 7.13. The summed E-state index contributed by atoms with van der Waals surface area (Å²) in [5.74, 6) is 0.120. The Hall–Kier alpha value is -2.08. The molecule has 0 aliphatic carbocycles. The summed E-state index contributed by atoms with van der Waals surface area (Å²) < 4.78 is 0. The first kappa shape index (κ1) is 17.7. The standard InChI is InChI=1S/C19H28N4O2/c1-22-13-14-23(15-19(22)9-7-17(24)20-12-10-19)18(25)21-11-8-16-5-3-2-4-6-16/h2-6H,7-15H2,1H3,(H,20,24)(H,21,25). The molecule has 6 heteroatoms. The summed E-state index contributed by atoms with van der Waals surface area (Å²) in [6.07, 6.45) is 3.07. The van der Waals surface area contributed by atoms with Crippen molar-refractivity contribution >= 4 is 11.9 Å². The number of nitrogens with zero attached hydrogens (tertiary/aromatic N) is 2. The first-order valence-corrected chi connectivity index (χ1v) is 9.14. The van der Waals surface area contributed by atoms with Crippen LogP contribution >= 0.6 is 0 Å². The Morgan fingerprint density at radius 1 is 1.24 bits per heavy atom. The van der Waals surface area contributed by atoms with E-state index in [0.717, 1.165) is 32.4 Å². The molecule has 3 rings (SSSR count). The molecular formula is C19H28N4O2. The van der Waals surface area contributed by atoms with E-state index < -0.39 is 0 Å². The quantitative estimate of drug-likeness (QED) is 0.867. The number of carbonyl (C=O) groups excluding carboxylic acids is 2. The molecule has 6 nitrogen and oxygen atoms in total. The number of urea groups is 1. The summed E-state index contributed by atoms with van der Waals surface area (Å²) in [5.41, 5.74) is 1.14. The van der Waals surface area contributed by atoms with Gasteiger partial charge in [0.15, 0.2) is 0 Å². The van der Waals surface area contributed by atoms with Gasteiger partial charge in [-0.1, -0.05) is 30.3 Å². The molecule has 1 aromatic carbocycles. The van der Waals surface area contributed by atoms with Crippen molar-refractivity contribution in [2.75, 3.05) is 39.8 Å². The summed E-state index contributed by atoms with van der Waals surface area (Å²) in [7, 11) is 2.11. The van der Waals surface area contributed by atoms with Crippen molar-refractivity contribution in [2.45, 2.75) is 31.2 Å². The van der Waals surface area contributed by atoms with E-state index >= 15 is 0 Å². The van der Waals surface area contributed by atoms with Crippen LogP contribution in [0.1, 0.15) is 24.8 Å². The van der Waals surface area contributed by atoms with Crippen molar-refractivity contribution in [1.29, 1.82) is 0 Å². The fourth-order valence-electron chi connectivity index (χ4n) is 3.84. The molecule has 0 saturated carbocycles. The van der Waals surface area contributed by atoms with E-state index in [9.17, 15) is 9.59 Å². The number of rotatable bonds is 3. The van der Waals surface area contributed by atoms with Gasteiger partial charge < -0.3 is 15.5 Å². The van der Waals surface area contributed by atoms with Gasteiger partial charge in [-0.05, 0) is 31.9 Å². The molecule has 2 aliphatic rings. The molecule has 0 radical (unpaired) electrons. The third kappa shape index (κ3) is 4.31. The van der Waals surface area contributed by atoms with E-state index in [1.165, 1.54) is 5.56 Å². The number of benzene rings is 1. The number of hydrogen-bond donors (Lipinski definition) is 2. The fourth-order valence-corrected chi connectivity index (χ4v) is 3.84. The minimum atomic E-state index is -0.0891. The molecule has 136 valence electrons. The SMILES string of the molecule is CN1CCN(C(=O)NCCc2ccccc2)CC12CCNC(=O)CC2. The van der Waals surface area contributed by atoms with Crippen molar-refractivity contribution in [3.63, 3.8) is 0 Å². The van der Waals surface area contributed by atoms with Gasteiger partial charge in [-0.25, -0.2) is 4.79 Å². The molecule has 2 N–H and O–H groups in total. The lowest BCUT2D eigenvalue weighted by Crippen LogP contribution is -2.63. The molecule has 1 atom stereocenters. The van der Waals surface area contributed by atoms with E-state index in [4.69, 9.17) is 0 Å². The van der Waals surface area contributed by atoms with Crippen LogP contribution in [0.2, 0.25) is 0 Å². The Morgan fingerprint density at radius 3 is 2.84 bits per heavy atom. The summed E-state index contributed by atoms with van der Waals surface area (Å²) in [4.78, 5) is 28.5. The zero-order chi connectivity index (χ0) is 17.7. The predicted octanol–water partition coefficient (Wildman–Crippen LogP) is 1.22. The lowest BCUT2D eigenvalue weighted by molar-refractivity contribution is -0.121. The molecule has 25 heavy (non-hydrogen) atoms. The van der Waals surface area contributed by atoms with Gasteiger partial charge in [-0.3, -0.25) is 9.69 Å². The van der Waals surface area contributed by atoms with Crippen LogP contribution in [-0.4, -0.2) is 67.0 Å². The fraction of sp³-hybridized carbons (Fsp3) is 0.579. The zero-order valence-corrected chi connectivity index (χ0v) is 15.0. The molecule has 2 fully saturated rings. The van der Waals surface area contributed by atoms with Crippen molar-refractivity contribution in [2.24, 2.45) is 0 Å². The summed E-state index contributed by atoms with van der Waals surface area (Å²) in [6, 6.07) is 10.2. The van der Waals surface area contributed by atoms with Crippen LogP contribution < -0.4 is 10.6 Å². The molecule has 2 saturated heterocycles. The van der Waals surface area contributed by atoms with Crippen LogP contribution in [0.4, 0.5) is 4.79 Å². The third-order valence-electron chi connectivity index (χ3n) is 5.55. The first-order chi connectivity index (χ1) is 12.1. The molecule has 1 spiro atoms. The highest BCUT2D eigenvalue weighted by Crippen LogP contribution is 2.30. The Morgan fingerprint density at radius 2 is 2.04 bits per heavy atom. The Labute approximate surface area is 149 Å². The smallest absolute Gasteiger partial charge is 0.317 e. The molecule has 1 unspecified atom stereocenters. The van der Waals surface area contributed by atoms with E-state index in [2.05, 4.69) is 34.7 Å². The predicted molar refractivity (Wildman–Crippen MR) is 97.3 cm³/mol. The van der Waals surface area contributed by atoms with Crippen LogP contribution in [0.25, 0.3) is 0 Å². The van der Waals surface area contributed by atoms with Crippen molar-refractivity contribution in [3.05, 3.63) is 35.9 Å². The van der Waals surface area contributed by atoms with Crippen LogP contribution in [0.3, 0.4) is 0 Å². The second-order valence-corrected chi connectivity index (χ2v) is 7.13. The van der Waals surface area contributed by atoms with Crippen LogP contribution in [-0.2, 0) is 11.2 Å². The molecule has 3 amide bonds. The highest BCUT2D eigenvalue weighted by molar-refractivity contribution is 5.76. The van der Waals surface area contributed by atoms with Crippen LogP contribution in [0.5, 0.6) is 0 Å². The van der Waals surface area contributed by atoms with Gasteiger partial charge in [-0.15, -0.1) is 0 Å². The van der Waals surface area contributed by atoms with Crippen LogP contribution in [0.15, 0.2) is 30.3 Å². The van der Waals surface area contributed by atoms with Gasteiger partial charge in [0.25, 0.3) is 0 Å². The topological polar surface area (TPSA) is 64.7 Å². The Kier molecular flexibility index (Phi) is 5.58. The molecule has 0 bridgehead atoms. The molecule has 1 aromatic rings. The zero-order valence-electron chi connectivity index (χ0n) is 15.0. The Bertz CT molecular complexity index is 607. The molecule has 2 aliphatic heterocycles. The van der Waals surface area contributed by atoms with Crippen molar-refractivity contribution in [3.8, 4) is 0 Å². The van der Waals surface area contributed by atoms with Gasteiger partial charge in [0.1, 0.15) is 0 Å². The third-order valence-corrected chi connectivity index (χ3v) is 5.55. The van der Waals surface area contributed by atoms with E-state index in [1.807, 2.05) is 23.1 Å². The Balaban J connectivity index is 1.55. The van der Waals surface area contributed by atoms with E-state index in [0.29, 0.717) is 26.1 Å². The van der Waals surface area contributed by atoms with Gasteiger partial charge in [0, 0.05) is 44.7 Å². The highest BCUT2D eigenvalue weighted by atomic mass is 16.2. The maximum Gasteiger partial charge on any atom is 0.317 e. The molecule has 2 heterocycles. The first-order valence-electron chi connectivity index (χ1n) is 9.14. The lowest BCUT2D eigenvalue weighted by Gasteiger charge is -2.49. The van der Waals surface area contributed by atoms with Gasteiger partial charge >= 0.3 is 6.03 Å². The minimum absolute atomic E-state index is 0.00642. The van der Waals surface area contributed by atoms with Gasteiger partial charge in [-0.2, -0.15) is 0 Å². The van der Waals surface area contributed by atoms with E-state index in [1.54, 1.807) is 0 Å². The van der Waals surface area contributed by atoms with Gasteiger partial charge in [0.2, 0.25) is 5.91 Å².